The second-order valence-corrected chi connectivity index (χ2v) is 2.41. The lowest BCUT2D eigenvalue weighted by molar-refractivity contribution is 1.17. The minimum atomic E-state index is -0.0934. The average Bonchev–Trinajstić information content (AvgIpc) is 2.07. The van der Waals surface area contributed by atoms with Crippen LogP contribution in [0.3, 0.4) is 0 Å². The molecular weight excluding hydrogens is 152 g/mol. The van der Waals surface area contributed by atoms with Gasteiger partial charge in [-0.1, -0.05) is 0 Å². The summed E-state index contributed by atoms with van der Waals surface area (Å²) in [7, 11) is 0. The molecule has 0 bridgehead atoms. The van der Waals surface area contributed by atoms with Crippen molar-refractivity contribution in [2.45, 2.75) is 6.92 Å². The molecule has 0 saturated heterocycles. The first-order valence-corrected chi connectivity index (χ1v) is 3.49. The van der Waals surface area contributed by atoms with Crippen LogP contribution in [0.25, 0.3) is 6.08 Å². The van der Waals surface area contributed by atoms with Crippen LogP contribution in [0.1, 0.15) is 11.1 Å². The predicted octanol–water partition coefficient (Wildman–Crippen LogP) is 1.22. The van der Waals surface area contributed by atoms with Gasteiger partial charge in [0.15, 0.2) is 0 Å². The fraction of sp³-hybridized carbons (Fsp3) is 0.111. The quantitative estimate of drug-likeness (QED) is 0.628. The number of aromatic nitrogens is 1. The van der Waals surface area contributed by atoms with Gasteiger partial charge in [-0.25, -0.2) is 0 Å². The van der Waals surface area contributed by atoms with Gasteiger partial charge in [0.05, 0.1) is 6.07 Å². The third-order valence-corrected chi connectivity index (χ3v) is 1.46. The van der Waals surface area contributed by atoms with Crippen molar-refractivity contribution in [1.82, 2.24) is 4.98 Å². The molecule has 0 aliphatic rings. The summed E-state index contributed by atoms with van der Waals surface area (Å²) in [4.78, 5) is 13.5. The number of nitrogens with one attached hydrogen (secondary N) is 1. The van der Waals surface area contributed by atoms with Gasteiger partial charge in [0, 0.05) is 17.8 Å². The number of aromatic amines is 1. The first kappa shape index (κ1) is 8.28. The monoisotopic (exact) mass is 160 g/mol. The molecule has 0 aliphatic heterocycles. The van der Waals surface area contributed by atoms with Gasteiger partial charge in [0.2, 0.25) is 0 Å². The van der Waals surface area contributed by atoms with Gasteiger partial charge in [-0.05, 0) is 24.6 Å². The molecule has 3 nitrogen and oxygen atoms in total. The Bertz CT molecular complexity index is 396. The van der Waals surface area contributed by atoms with Crippen LogP contribution >= 0.6 is 0 Å². The van der Waals surface area contributed by atoms with E-state index in [4.69, 9.17) is 5.26 Å². The van der Waals surface area contributed by atoms with Crippen molar-refractivity contribution in [3.8, 4) is 6.07 Å². The molecule has 1 rings (SSSR count). The molecule has 12 heavy (non-hydrogen) atoms. The molecule has 0 aliphatic carbocycles. The number of allylic oxidation sites excluding steroid dienone is 1. The lowest BCUT2D eigenvalue weighted by Crippen LogP contribution is -2.07. The summed E-state index contributed by atoms with van der Waals surface area (Å²) in [6, 6.07) is 3.61. The molecule has 0 amide bonds. The van der Waals surface area contributed by atoms with Crippen molar-refractivity contribution in [2.75, 3.05) is 0 Å². The van der Waals surface area contributed by atoms with E-state index in [9.17, 15) is 4.79 Å². The van der Waals surface area contributed by atoms with E-state index in [1.165, 1.54) is 6.08 Å². The summed E-state index contributed by atoms with van der Waals surface area (Å²) < 4.78 is 0. The Morgan fingerprint density at radius 2 is 2.42 bits per heavy atom. The van der Waals surface area contributed by atoms with Crippen LogP contribution in [0, 0.1) is 18.3 Å². The van der Waals surface area contributed by atoms with E-state index in [-0.39, 0.29) is 5.56 Å². The summed E-state index contributed by atoms with van der Waals surface area (Å²) in [6.45, 7) is 1.72. The predicted molar refractivity (Wildman–Crippen MR) is 46.4 cm³/mol. The Labute approximate surface area is 70.0 Å². The zero-order valence-corrected chi connectivity index (χ0v) is 6.66. The van der Waals surface area contributed by atoms with Crippen molar-refractivity contribution in [2.24, 2.45) is 0 Å². The lowest BCUT2D eigenvalue weighted by atomic mass is 10.2. The number of hydrogen-bond donors (Lipinski definition) is 1. The van der Waals surface area contributed by atoms with Gasteiger partial charge >= 0.3 is 0 Å². The van der Waals surface area contributed by atoms with Gasteiger partial charge in [-0.2, -0.15) is 5.26 Å². The molecule has 0 atom stereocenters. The van der Waals surface area contributed by atoms with Crippen LogP contribution < -0.4 is 5.56 Å². The average molecular weight is 160 g/mol. The largest absolute Gasteiger partial charge is 0.328 e. The maximum Gasteiger partial charge on any atom is 0.250 e. The van der Waals surface area contributed by atoms with Crippen LogP contribution in [0.5, 0.6) is 0 Å². The SMILES string of the molecule is Cc1cc(C=CC#N)c[nH]c1=O. The van der Waals surface area contributed by atoms with Crippen molar-refractivity contribution in [1.29, 1.82) is 5.26 Å². The van der Waals surface area contributed by atoms with Gasteiger partial charge in [0.1, 0.15) is 0 Å². The van der Waals surface area contributed by atoms with Gasteiger partial charge < -0.3 is 4.98 Å². The fourth-order valence-electron chi connectivity index (χ4n) is 0.850. The topological polar surface area (TPSA) is 56.6 Å². The molecule has 0 spiro atoms. The van der Waals surface area contributed by atoms with E-state index in [0.717, 1.165) is 5.56 Å². The summed E-state index contributed by atoms with van der Waals surface area (Å²) in [5.41, 5.74) is 1.38. The van der Waals surface area contributed by atoms with Gasteiger partial charge in [-0.3, -0.25) is 4.79 Å². The lowest BCUT2D eigenvalue weighted by Gasteiger charge is -1.92. The molecule has 1 aromatic rings. The highest BCUT2D eigenvalue weighted by Crippen LogP contribution is 1.99. The van der Waals surface area contributed by atoms with Gasteiger partial charge in [-0.15, -0.1) is 0 Å². The molecule has 3 heteroatoms. The van der Waals surface area contributed by atoms with E-state index in [0.29, 0.717) is 5.56 Å². The van der Waals surface area contributed by atoms with Crippen LogP contribution in [-0.4, -0.2) is 4.98 Å². The second kappa shape index (κ2) is 3.54. The molecule has 1 heterocycles. The molecule has 1 N–H and O–H groups in total. The molecule has 0 unspecified atom stereocenters. The highest BCUT2D eigenvalue weighted by molar-refractivity contribution is 5.51. The molecule has 0 radical (unpaired) electrons. The summed E-state index contributed by atoms with van der Waals surface area (Å²) in [5.74, 6) is 0. The summed E-state index contributed by atoms with van der Waals surface area (Å²) in [5, 5.41) is 8.24. The number of hydrogen-bond acceptors (Lipinski definition) is 2. The number of nitriles is 1. The maximum atomic E-state index is 10.9. The first-order valence-electron chi connectivity index (χ1n) is 3.49. The van der Waals surface area contributed by atoms with E-state index in [1.807, 2.05) is 6.07 Å². The Morgan fingerprint density at radius 1 is 1.67 bits per heavy atom. The Morgan fingerprint density at radius 3 is 3.00 bits per heavy atom. The third-order valence-electron chi connectivity index (χ3n) is 1.46. The van der Waals surface area contributed by atoms with Crippen molar-refractivity contribution < 1.29 is 0 Å². The summed E-state index contributed by atoms with van der Waals surface area (Å²) >= 11 is 0. The van der Waals surface area contributed by atoms with Crippen LogP contribution in [-0.2, 0) is 0 Å². The van der Waals surface area contributed by atoms with Crippen molar-refractivity contribution in [3.05, 3.63) is 39.8 Å². The minimum absolute atomic E-state index is 0.0934. The molecule has 60 valence electrons. The second-order valence-electron chi connectivity index (χ2n) is 2.41. The standard InChI is InChI=1S/C9H8N2O/c1-7-5-8(3-2-4-10)6-11-9(7)12/h2-3,5-6H,1H3,(H,11,12). The molecule has 1 aromatic heterocycles. The zero-order valence-electron chi connectivity index (χ0n) is 6.66. The highest BCUT2D eigenvalue weighted by Gasteiger charge is 1.92. The Hall–Kier alpha value is -1.82. The van der Waals surface area contributed by atoms with Crippen LogP contribution in [0.2, 0.25) is 0 Å². The van der Waals surface area contributed by atoms with Crippen LogP contribution in [0.15, 0.2) is 23.1 Å². The number of pyridine rings is 1. The minimum Gasteiger partial charge on any atom is -0.328 e. The fourth-order valence-corrected chi connectivity index (χ4v) is 0.850. The van der Waals surface area contributed by atoms with Gasteiger partial charge in [0.25, 0.3) is 5.56 Å². The number of rotatable bonds is 1. The Balaban J connectivity index is 3.07. The van der Waals surface area contributed by atoms with Crippen molar-refractivity contribution >= 4 is 6.08 Å². The molecular formula is C9H8N2O. The number of aryl methyl sites for hydroxylation is 1. The smallest absolute Gasteiger partial charge is 0.250 e. The molecule has 0 saturated carbocycles. The zero-order chi connectivity index (χ0) is 8.97. The number of nitrogens with zero attached hydrogens (tertiary/aromatic N) is 1. The normalized spacial score (nSPS) is 10.0. The summed E-state index contributed by atoms with van der Waals surface area (Å²) in [6.07, 6.45) is 4.58. The highest BCUT2D eigenvalue weighted by atomic mass is 16.1. The number of H-pyrrole nitrogens is 1. The van der Waals surface area contributed by atoms with Crippen molar-refractivity contribution in [3.63, 3.8) is 0 Å². The van der Waals surface area contributed by atoms with E-state index in [1.54, 1.807) is 25.3 Å². The molecule has 0 aromatic carbocycles. The Kier molecular flexibility index (Phi) is 2.44. The van der Waals surface area contributed by atoms with E-state index < -0.39 is 0 Å². The molecule has 0 fully saturated rings. The van der Waals surface area contributed by atoms with E-state index in [2.05, 4.69) is 4.98 Å². The first-order chi connectivity index (χ1) is 5.74. The van der Waals surface area contributed by atoms with E-state index >= 15 is 0 Å². The van der Waals surface area contributed by atoms with Crippen LogP contribution in [0.4, 0.5) is 0 Å². The maximum absolute atomic E-state index is 10.9. The third kappa shape index (κ3) is 1.83.